The van der Waals surface area contributed by atoms with Crippen LogP contribution in [-0.2, 0) is 0 Å². The number of likely N-dealkylation sites (N-methyl/N-ethyl adjacent to an activating group) is 1. The highest BCUT2D eigenvalue weighted by Crippen LogP contribution is 2.28. The van der Waals surface area contributed by atoms with Gasteiger partial charge in [0.1, 0.15) is 0 Å². The molecule has 1 atom stereocenters. The van der Waals surface area contributed by atoms with E-state index in [1.54, 1.807) is 11.3 Å². The van der Waals surface area contributed by atoms with E-state index in [1.165, 1.54) is 21.7 Å². The Morgan fingerprint density at radius 3 is 2.81 bits per heavy atom. The first-order valence-corrected chi connectivity index (χ1v) is 8.25. The van der Waals surface area contributed by atoms with Gasteiger partial charge < -0.3 is 10.6 Å². The second kappa shape index (κ2) is 6.03. The topological polar surface area (TPSA) is 40.2 Å². The number of hydrogen-bond acceptors (Lipinski definition) is 5. The first-order chi connectivity index (χ1) is 10.2. The molecule has 1 aromatic heterocycles. The molecule has 2 heterocycles. The van der Waals surface area contributed by atoms with Crippen molar-refractivity contribution >= 4 is 21.6 Å². The molecule has 0 saturated carbocycles. The summed E-state index contributed by atoms with van der Waals surface area (Å²) in [6.07, 6.45) is 1.07. The molecule has 0 fully saturated rings. The van der Waals surface area contributed by atoms with Crippen molar-refractivity contribution in [1.29, 1.82) is 0 Å². The monoisotopic (exact) mass is 302 g/mol. The van der Waals surface area contributed by atoms with E-state index in [0.717, 1.165) is 25.0 Å². The van der Waals surface area contributed by atoms with Gasteiger partial charge in [0.05, 0.1) is 15.7 Å². The normalized spacial score (nSPS) is 18.0. The van der Waals surface area contributed by atoms with Gasteiger partial charge in [0.15, 0.2) is 0 Å². The fraction of sp³-hybridized carbons (Fsp3) is 0.438. The standard InChI is InChI=1S/C16H22N4S/c1-11(12-4-5-16-14(8-12)19-10-21-16)20-7-6-13(17-2)15(9-20)18-3/h4-5,8,10-11,17-18H,6-7,9H2,1-3H3. The van der Waals surface area contributed by atoms with Crippen molar-refractivity contribution < 1.29 is 0 Å². The second-order valence-corrected chi connectivity index (χ2v) is 6.32. The maximum atomic E-state index is 4.43. The molecule has 0 amide bonds. The molecule has 0 aliphatic carbocycles. The quantitative estimate of drug-likeness (QED) is 0.911. The van der Waals surface area contributed by atoms with Gasteiger partial charge in [-0.25, -0.2) is 4.98 Å². The van der Waals surface area contributed by atoms with Gasteiger partial charge in [-0.2, -0.15) is 0 Å². The third kappa shape index (κ3) is 2.76. The van der Waals surface area contributed by atoms with Gasteiger partial charge in [-0.3, -0.25) is 4.90 Å². The number of fused-ring (bicyclic) bond motifs is 1. The van der Waals surface area contributed by atoms with Gasteiger partial charge in [-0.05, 0) is 24.6 Å². The number of nitrogens with one attached hydrogen (secondary N) is 2. The Hall–Kier alpha value is -1.59. The molecule has 4 nitrogen and oxygen atoms in total. The van der Waals surface area contributed by atoms with Crippen LogP contribution < -0.4 is 10.6 Å². The van der Waals surface area contributed by atoms with Gasteiger partial charge in [-0.1, -0.05) is 6.07 Å². The van der Waals surface area contributed by atoms with Crippen LogP contribution in [0, 0.1) is 0 Å². The highest BCUT2D eigenvalue weighted by Gasteiger charge is 2.23. The van der Waals surface area contributed by atoms with E-state index in [9.17, 15) is 0 Å². The number of benzene rings is 1. The Morgan fingerprint density at radius 2 is 2.05 bits per heavy atom. The summed E-state index contributed by atoms with van der Waals surface area (Å²) in [5, 5.41) is 6.64. The molecule has 0 spiro atoms. The number of nitrogens with zero attached hydrogens (tertiary/aromatic N) is 2. The third-order valence-corrected chi connectivity index (χ3v) is 5.17. The van der Waals surface area contributed by atoms with Crippen molar-refractivity contribution in [3.8, 4) is 0 Å². The van der Waals surface area contributed by atoms with Crippen LogP contribution in [0.3, 0.4) is 0 Å². The van der Waals surface area contributed by atoms with Crippen molar-refractivity contribution in [1.82, 2.24) is 20.5 Å². The average Bonchev–Trinajstić information content (AvgIpc) is 3.00. The Bertz CT molecular complexity index is 661. The van der Waals surface area contributed by atoms with Crippen molar-refractivity contribution in [2.45, 2.75) is 19.4 Å². The second-order valence-electron chi connectivity index (χ2n) is 5.43. The summed E-state index contributed by atoms with van der Waals surface area (Å²) in [6.45, 7) is 4.33. The van der Waals surface area contributed by atoms with Gasteiger partial charge in [-0.15, -0.1) is 11.3 Å². The molecule has 0 bridgehead atoms. The zero-order valence-electron chi connectivity index (χ0n) is 12.8. The third-order valence-electron chi connectivity index (χ3n) is 4.36. The van der Waals surface area contributed by atoms with Gasteiger partial charge in [0, 0.05) is 51.0 Å². The van der Waals surface area contributed by atoms with Crippen molar-refractivity contribution in [3.63, 3.8) is 0 Å². The van der Waals surface area contributed by atoms with E-state index < -0.39 is 0 Å². The van der Waals surface area contributed by atoms with Crippen molar-refractivity contribution in [3.05, 3.63) is 40.7 Å². The molecule has 2 aromatic rings. The SMILES string of the molecule is CNC1=C(NC)CN(C(C)c2ccc3scnc3c2)CC1. The number of hydrogen-bond donors (Lipinski definition) is 2. The molecule has 5 heteroatoms. The molecular weight excluding hydrogens is 280 g/mol. The lowest BCUT2D eigenvalue weighted by atomic mass is 10.0. The fourth-order valence-electron chi connectivity index (χ4n) is 2.97. The zero-order valence-corrected chi connectivity index (χ0v) is 13.6. The molecule has 1 aliphatic rings. The van der Waals surface area contributed by atoms with Crippen molar-refractivity contribution in [2.75, 3.05) is 27.2 Å². The van der Waals surface area contributed by atoms with Crippen LogP contribution in [0.2, 0.25) is 0 Å². The highest BCUT2D eigenvalue weighted by atomic mass is 32.1. The van der Waals surface area contributed by atoms with E-state index in [0.29, 0.717) is 6.04 Å². The van der Waals surface area contributed by atoms with Crippen LogP contribution in [0.4, 0.5) is 0 Å². The lowest BCUT2D eigenvalue weighted by Crippen LogP contribution is -2.39. The predicted octanol–water partition coefficient (Wildman–Crippen LogP) is 2.71. The average molecular weight is 302 g/mol. The first-order valence-electron chi connectivity index (χ1n) is 7.37. The zero-order chi connectivity index (χ0) is 14.8. The molecule has 1 aliphatic heterocycles. The maximum Gasteiger partial charge on any atom is 0.0815 e. The predicted molar refractivity (Wildman–Crippen MR) is 89.4 cm³/mol. The minimum absolute atomic E-state index is 0.401. The molecule has 2 N–H and O–H groups in total. The summed E-state index contributed by atoms with van der Waals surface area (Å²) >= 11 is 1.70. The lowest BCUT2D eigenvalue weighted by Gasteiger charge is -2.35. The van der Waals surface area contributed by atoms with E-state index in [1.807, 2.05) is 19.6 Å². The Kier molecular flexibility index (Phi) is 4.12. The summed E-state index contributed by atoms with van der Waals surface area (Å²) in [7, 11) is 4.00. The largest absolute Gasteiger partial charge is 0.390 e. The Labute approximate surface area is 129 Å². The molecule has 1 unspecified atom stereocenters. The summed E-state index contributed by atoms with van der Waals surface area (Å²) in [5.41, 5.74) is 7.00. The van der Waals surface area contributed by atoms with Crippen LogP contribution in [0.5, 0.6) is 0 Å². The minimum atomic E-state index is 0.401. The summed E-state index contributed by atoms with van der Waals surface area (Å²) in [5.74, 6) is 0. The van der Waals surface area contributed by atoms with Gasteiger partial charge in [0.2, 0.25) is 0 Å². The molecule has 1 aromatic carbocycles. The van der Waals surface area contributed by atoms with Crippen LogP contribution in [0.25, 0.3) is 10.2 Å². The number of thiazole rings is 1. The molecule has 0 radical (unpaired) electrons. The van der Waals surface area contributed by atoms with Gasteiger partial charge >= 0.3 is 0 Å². The lowest BCUT2D eigenvalue weighted by molar-refractivity contribution is 0.214. The van der Waals surface area contributed by atoms with Crippen LogP contribution in [0.1, 0.15) is 24.9 Å². The maximum absolute atomic E-state index is 4.43. The van der Waals surface area contributed by atoms with Crippen LogP contribution >= 0.6 is 11.3 Å². The molecule has 112 valence electrons. The molecule has 3 rings (SSSR count). The Morgan fingerprint density at radius 1 is 1.24 bits per heavy atom. The Balaban J connectivity index is 1.82. The van der Waals surface area contributed by atoms with E-state index in [-0.39, 0.29) is 0 Å². The van der Waals surface area contributed by atoms with E-state index in [4.69, 9.17) is 0 Å². The summed E-state index contributed by atoms with van der Waals surface area (Å²) in [6, 6.07) is 7.06. The summed E-state index contributed by atoms with van der Waals surface area (Å²) < 4.78 is 1.26. The van der Waals surface area contributed by atoms with Crippen molar-refractivity contribution in [2.24, 2.45) is 0 Å². The molecular formula is C16H22N4S. The minimum Gasteiger partial charge on any atom is -0.390 e. The van der Waals surface area contributed by atoms with Crippen LogP contribution in [-0.4, -0.2) is 37.1 Å². The first kappa shape index (κ1) is 14.4. The fourth-order valence-corrected chi connectivity index (χ4v) is 3.62. The smallest absolute Gasteiger partial charge is 0.0815 e. The molecule has 21 heavy (non-hydrogen) atoms. The van der Waals surface area contributed by atoms with Gasteiger partial charge in [0.25, 0.3) is 0 Å². The highest BCUT2D eigenvalue weighted by molar-refractivity contribution is 7.16. The van der Waals surface area contributed by atoms with E-state index >= 15 is 0 Å². The number of rotatable bonds is 4. The van der Waals surface area contributed by atoms with Crippen LogP contribution in [0.15, 0.2) is 35.1 Å². The molecule has 0 saturated heterocycles. The summed E-state index contributed by atoms with van der Waals surface area (Å²) in [4.78, 5) is 6.95. The van der Waals surface area contributed by atoms with E-state index in [2.05, 4.69) is 45.6 Å². The number of aromatic nitrogens is 1.